The van der Waals surface area contributed by atoms with Gasteiger partial charge in [-0.05, 0) is 160 Å². The van der Waals surface area contributed by atoms with Gasteiger partial charge in [-0.2, -0.15) is 0 Å². The average molecular weight is 851 g/mol. The van der Waals surface area contributed by atoms with Gasteiger partial charge in [0.25, 0.3) is 0 Å². The fourth-order valence-electron chi connectivity index (χ4n) is 11.6. The van der Waals surface area contributed by atoms with Gasteiger partial charge in [0, 0.05) is 34.1 Å². The molecule has 0 amide bonds. The molecule has 0 atom stereocenters. The van der Waals surface area contributed by atoms with Gasteiger partial charge in [-0.25, -0.2) is 0 Å². The summed E-state index contributed by atoms with van der Waals surface area (Å²) in [5, 5.41) is 9.75. The van der Waals surface area contributed by atoms with Gasteiger partial charge in [-0.15, -0.1) is 0 Å². The van der Waals surface area contributed by atoms with Crippen molar-refractivity contribution in [3.05, 3.63) is 277 Å². The van der Waals surface area contributed by atoms with E-state index in [9.17, 15) is 0 Å². The van der Waals surface area contributed by atoms with E-state index in [1.165, 1.54) is 87.6 Å². The highest BCUT2D eigenvalue weighted by molar-refractivity contribution is 6.00. The molecule has 0 heterocycles. The van der Waals surface area contributed by atoms with E-state index in [-0.39, 0.29) is 0 Å². The van der Waals surface area contributed by atoms with Crippen molar-refractivity contribution >= 4 is 77.2 Å². The number of rotatable bonds is 6. The minimum Gasteiger partial charge on any atom is -0.310 e. The Morgan fingerprint density at radius 3 is 0.791 bits per heavy atom. The van der Waals surface area contributed by atoms with Gasteiger partial charge < -0.3 is 9.80 Å². The second-order valence-corrected chi connectivity index (χ2v) is 18.1. The predicted octanol–water partition coefficient (Wildman–Crippen LogP) is 17.6. The molecule has 0 aliphatic heterocycles. The zero-order valence-corrected chi connectivity index (χ0v) is 36.6. The molecule has 1 spiro atoms. The SMILES string of the molecule is c1ccc2c(c1)-c1ccccc1C21c2cc(N(c3ccc4ccccc4c3)c3ccc4ccccc4c3)ccc2-c2ccc(N(c3ccc4ccccc4c3)c3ccc4ccccc4c3)cc21. The maximum Gasteiger partial charge on any atom is 0.0727 e. The lowest BCUT2D eigenvalue weighted by Crippen LogP contribution is -2.26. The molecular weight excluding hydrogens is 809 g/mol. The average Bonchev–Trinajstić information content (AvgIpc) is 3.85. The number of anilines is 6. The maximum absolute atomic E-state index is 2.50. The second-order valence-electron chi connectivity index (χ2n) is 18.1. The third-order valence-corrected chi connectivity index (χ3v) is 14.5. The van der Waals surface area contributed by atoms with Crippen molar-refractivity contribution in [1.82, 2.24) is 0 Å². The molecule has 0 saturated heterocycles. The van der Waals surface area contributed by atoms with Crippen LogP contribution in [0.3, 0.4) is 0 Å². The number of hydrogen-bond donors (Lipinski definition) is 0. The van der Waals surface area contributed by atoms with Crippen molar-refractivity contribution in [2.45, 2.75) is 5.41 Å². The molecule has 2 heteroatoms. The third-order valence-electron chi connectivity index (χ3n) is 14.5. The minimum atomic E-state index is -0.583. The Balaban J connectivity index is 1.02. The zero-order chi connectivity index (χ0) is 44.1. The van der Waals surface area contributed by atoms with E-state index in [4.69, 9.17) is 0 Å². The van der Waals surface area contributed by atoms with Crippen LogP contribution < -0.4 is 9.80 Å². The van der Waals surface area contributed by atoms with Crippen LogP contribution in [0.4, 0.5) is 34.1 Å². The highest BCUT2D eigenvalue weighted by Gasteiger charge is 2.52. The molecule has 14 rings (SSSR count). The Bertz CT molecular complexity index is 3560. The van der Waals surface area contributed by atoms with Crippen LogP contribution in [0.25, 0.3) is 65.3 Å². The predicted molar refractivity (Wildman–Crippen MR) is 282 cm³/mol. The molecule has 0 bridgehead atoms. The van der Waals surface area contributed by atoms with Crippen LogP contribution in [-0.2, 0) is 5.41 Å². The first kappa shape index (κ1) is 37.6. The van der Waals surface area contributed by atoms with Crippen LogP contribution in [-0.4, -0.2) is 0 Å². The summed E-state index contributed by atoms with van der Waals surface area (Å²) < 4.78 is 0. The topological polar surface area (TPSA) is 6.48 Å². The summed E-state index contributed by atoms with van der Waals surface area (Å²) >= 11 is 0. The van der Waals surface area contributed by atoms with E-state index in [1.807, 2.05) is 0 Å². The van der Waals surface area contributed by atoms with Gasteiger partial charge in [0.2, 0.25) is 0 Å². The summed E-state index contributed by atoms with van der Waals surface area (Å²) in [5.74, 6) is 0. The molecule has 312 valence electrons. The van der Waals surface area contributed by atoms with Crippen LogP contribution in [0.2, 0.25) is 0 Å². The molecule has 0 aromatic heterocycles. The van der Waals surface area contributed by atoms with Crippen LogP contribution in [0, 0.1) is 0 Å². The summed E-state index contributed by atoms with van der Waals surface area (Å²) in [5.41, 5.74) is 16.5. The maximum atomic E-state index is 2.50. The van der Waals surface area contributed by atoms with E-state index in [2.05, 4.69) is 265 Å². The summed E-state index contributed by atoms with van der Waals surface area (Å²) in [7, 11) is 0. The molecule has 2 aliphatic carbocycles. The largest absolute Gasteiger partial charge is 0.310 e. The van der Waals surface area contributed by atoms with Crippen molar-refractivity contribution < 1.29 is 0 Å². The molecule has 0 unspecified atom stereocenters. The lowest BCUT2D eigenvalue weighted by atomic mass is 9.70. The van der Waals surface area contributed by atoms with E-state index in [1.54, 1.807) is 0 Å². The van der Waals surface area contributed by atoms with Crippen LogP contribution in [0.1, 0.15) is 22.3 Å². The summed E-state index contributed by atoms with van der Waals surface area (Å²) in [6, 6.07) is 94.8. The normalized spacial score (nSPS) is 12.9. The number of hydrogen-bond acceptors (Lipinski definition) is 2. The van der Waals surface area contributed by atoms with Gasteiger partial charge in [0.15, 0.2) is 0 Å². The standard InChI is InChI=1S/C65H42N2/c1-5-17-47-37-51(29-25-43(47)13-1)66(52-30-26-44-14-2-6-18-48(44)38-52)55-33-35-59-60-36-34-56(42-64(60)65(63(59)41-55)61-23-11-9-21-57(61)58-22-10-12-24-62(58)65)67(53-31-27-45-15-3-7-19-49(45)39-53)54-32-28-46-16-4-8-20-50(46)40-54/h1-42H. The van der Waals surface area contributed by atoms with Crippen LogP contribution in [0.15, 0.2) is 255 Å². The van der Waals surface area contributed by atoms with Gasteiger partial charge >= 0.3 is 0 Å². The first-order chi connectivity index (χ1) is 33.2. The molecule has 2 aliphatic rings. The molecule has 12 aromatic rings. The highest BCUT2D eigenvalue weighted by Crippen LogP contribution is 2.64. The highest BCUT2D eigenvalue weighted by atomic mass is 15.1. The Morgan fingerprint density at radius 1 is 0.194 bits per heavy atom. The molecule has 0 radical (unpaired) electrons. The molecule has 0 saturated carbocycles. The fraction of sp³-hybridized carbons (Fsp3) is 0.0154. The first-order valence-electron chi connectivity index (χ1n) is 23.2. The fourth-order valence-corrected chi connectivity index (χ4v) is 11.6. The van der Waals surface area contributed by atoms with Gasteiger partial charge in [-0.3, -0.25) is 0 Å². The van der Waals surface area contributed by atoms with Crippen molar-refractivity contribution in [1.29, 1.82) is 0 Å². The van der Waals surface area contributed by atoms with Crippen molar-refractivity contribution in [2.75, 3.05) is 9.80 Å². The van der Waals surface area contributed by atoms with E-state index in [0.29, 0.717) is 0 Å². The zero-order valence-electron chi connectivity index (χ0n) is 36.6. The number of fused-ring (bicyclic) bond motifs is 14. The van der Waals surface area contributed by atoms with Gasteiger partial charge in [0.05, 0.1) is 5.41 Å². The first-order valence-corrected chi connectivity index (χ1v) is 23.2. The molecule has 0 fully saturated rings. The Hall–Kier alpha value is -8.72. The van der Waals surface area contributed by atoms with Crippen molar-refractivity contribution in [3.8, 4) is 22.3 Å². The minimum absolute atomic E-state index is 0.583. The molecule has 2 nitrogen and oxygen atoms in total. The Kier molecular flexibility index (Phi) is 8.23. The van der Waals surface area contributed by atoms with Gasteiger partial charge in [0.1, 0.15) is 0 Å². The van der Waals surface area contributed by atoms with Crippen LogP contribution >= 0.6 is 0 Å². The van der Waals surface area contributed by atoms with E-state index >= 15 is 0 Å². The summed E-state index contributed by atoms with van der Waals surface area (Å²) in [4.78, 5) is 4.91. The summed E-state index contributed by atoms with van der Waals surface area (Å²) in [6.07, 6.45) is 0. The van der Waals surface area contributed by atoms with Crippen molar-refractivity contribution in [3.63, 3.8) is 0 Å². The van der Waals surface area contributed by atoms with Crippen LogP contribution in [0.5, 0.6) is 0 Å². The third kappa shape index (κ3) is 5.70. The quantitative estimate of drug-likeness (QED) is 0.164. The second kappa shape index (κ2) is 14.7. The Labute approximate surface area is 389 Å². The smallest absolute Gasteiger partial charge is 0.0727 e. The van der Waals surface area contributed by atoms with Gasteiger partial charge in [-0.1, -0.05) is 182 Å². The molecular formula is C65H42N2. The summed E-state index contributed by atoms with van der Waals surface area (Å²) in [6.45, 7) is 0. The van der Waals surface area contributed by atoms with E-state index in [0.717, 1.165) is 34.1 Å². The number of benzene rings is 12. The monoisotopic (exact) mass is 850 g/mol. The van der Waals surface area contributed by atoms with E-state index < -0.39 is 5.41 Å². The molecule has 67 heavy (non-hydrogen) atoms. The Morgan fingerprint density at radius 2 is 0.448 bits per heavy atom. The number of nitrogens with zero attached hydrogens (tertiary/aromatic N) is 2. The molecule has 0 N–H and O–H groups in total. The lowest BCUT2D eigenvalue weighted by Gasteiger charge is -2.33. The van der Waals surface area contributed by atoms with Crippen molar-refractivity contribution in [2.24, 2.45) is 0 Å². The molecule has 12 aromatic carbocycles. The lowest BCUT2D eigenvalue weighted by molar-refractivity contribution is 0.793.